The van der Waals surface area contributed by atoms with Crippen LogP contribution in [0.25, 0.3) is 0 Å². The summed E-state index contributed by atoms with van der Waals surface area (Å²) in [5, 5.41) is 0. The molecule has 0 saturated carbocycles. The fourth-order valence-corrected chi connectivity index (χ4v) is 13.3. The van der Waals surface area contributed by atoms with Crippen LogP contribution < -0.4 is 0 Å². The zero-order chi connectivity index (χ0) is 39.5. The zero-order valence-electron chi connectivity index (χ0n) is 36.1. The average molecular weight is 832 g/mol. The second-order valence-electron chi connectivity index (χ2n) is 20.6. The van der Waals surface area contributed by atoms with Gasteiger partial charge in [-0.2, -0.15) is 0 Å². The Morgan fingerprint density at radius 1 is 0.500 bits per heavy atom. The van der Waals surface area contributed by atoms with E-state index in [1.54, 1.807) is 0 Å². The van der Waals surface area contributed by atoms with Crippen molar-refractivity contribution in [1.29, 1.82) is 0 Å². The van der Waals surface area contributed by atoms with Crippen LogP contribution in [0, 0.1) is 0 Å². The van der Waals surface area contributed by atoms with Crippen molar-refractivity contribution in [2.75, 3.05) is 6.61 Å². The first-order valence-corrected chi connectivity index (χ1v) is 42.3. The van der Waals surface area contributed by atoms with Crippen LogP contribution in [0.2, 0.25) is 137 Å². The molecule has 298 valence electrons. The second-order valence-corrected chi connectivity index (χ2v) is 51.8. The molecule has 0 unspecified atom stereocenters. The highest BCUT2D eigenvalue weighted by Gasteiger charge is 2.52. The smallest absolute Gasteiger partial charge is 0.185 e. The average Bonchev–Trinajstić information content (AvgIpc) is 2.82. The number of carbonyl (C=O) groups excluding carboxylic acids is 1. The van der Waals surface area contributed by atoms with Gasteiger partial charge in [0.15, 0.2) is 64.5 Å². The SMILES string of the molecule is C[C@@H]1O[C@@H](OC[C@@H](O[Si](C)(C)C)[C@@H](O[Si](C)(C)C)[C@H](O[Si](C)(C)C)[C@H](C=O)O[Si](C)(C)C)[C@H](O[Si](C)(C)C)[C@H](O[Si](C)(C)C)[C@H]1O[Si](C)(C)C. The molecule has 1 aliphatic heterocycles. The van der Waals surface area contributed by atoms with E-state index in [2.05, 4.69) is 137 Å². The number of rotatable bonds is 21. The number of ether oxygens (including phenoxy) is 2. The van der Waals surface area contributed by atoms with E-state index in [9.17, 15) is 4.79 Å². The van der Waals surface area contributed by atoms with Crippen LogP contribution in [-0.2, 0) is 45.3 Å². The van der Waals surface area contributed by atoms with E-state index in [0.717, 1.165) is 6.29 Å². The predicted octanol–water partition coefficient (Wildman–Crippen LogP) is 8.49. The molecule has 0 aromatic heterocycles. The topological polar surface area (TPSA) is 100 Å². The Morgan fingerprint density at radius 3 is 1.26 bits per heavy atom. The van der Waals surface area contributed by atoms with E-state index in [1.165, 1.54) is 0 Å². The van der Waals surface area contributed by atoms with Crippen molar-refractivity contribution >= 4 is 64.5 Å². The normalized spacial score (nSPS) is 26.0. The summed E-state index contributed by atoms with van der Waals surface area (Å²) in [6, 6.07) is 0. The number of hydrogen-bond acceptors (Lipinski definition) is 10. The van der Waals surface area contributed by atoms with Crippen molar-refractivity contribution in [3.05, 3.63) is 0 Å². The molecular formula is C33H78O10Si7. The fourth-order valence-electron chi connectivity index (χ4n) is 5.67. The van der Waals surface area contributed by atoms with E-state index in [1.807, 2.05) is 6.92 Å². The van der Waals surface area contributed by atoms with Crippen molar-refractivity contribution in [3.8, 4) is 0 Å². The van der Waals surface area contributed by atoms with Gasteiger partial charge in [0.1, 0.15) is 36.8 Å². The summed E-state index contributed by atoms with van der Waals surface area (Å²) < 4.78 is 61.6. The lowest BCUT2D eigenvalue weighted by Crippen LogP contribution is -2.65. The largest absolute Gasteiger partial charge is 0.410 e. The van der Waals surface area contributed by atoms with Gasteiger partial charge in [-0.05, 0) is 144 Å². The van der Waals surface area contributed by atoms with Gasteiger partial charge < -0.3 is 45.3 Å². The molecule has 1 fully saturated rings. The molecule has 1 heterocycles. The van der Waals surface area contributed by atoms with Crippen LogP contribution in [0.5, 0.6) is 0 Å². The molecule has 0 aromatic carbocycles. The van der Waals surface area contributed by atoms with Gasteiger partial charge >= 0.3 is 0 Å². The van der Waals surface area contributed by atoms with E-state index < -0.39 is 95.0 Å². The molecular weight excluding hydrogens is 753 g/mol. The lowest BCUT2D eigenvalue weighted by atomic mass is 10.00. The minimum absolute atomic E-state index is 0.144. The van der Waals surface area contributed by atoms with Gasteiger partial charge in [-0.1, -0.05) is 0 Å². The highest BCUT2D eigenvalue weighted by molar-refractivity contribution is 6.72. The molecule has 0 spiro atoms. The van der Waals surface area contributed by atoms with Gasteiger partial charge in [-0.15, -0.1) is 0 Å². The first kappa shape index (κ1) is 48.8. The summed E-state index contributed by atoms with van der Waals surface area (Å²) >= 11 is 0. The van der Waals surface area contributed by atoms with Gasteiger partial charge in [0.2, 0.25) is 0 Å². The minimum Gasteiger partial charge on any atom is -0.410 e. The molecule has 50 heavy (non-hydrogen) atoms. The summed E-state index contributed by atoms with van der Waals surface area (Å²) in [5.74, 6) is 0. The molecule has 0 bridgehead atoms. The third-order valence-electron chi connectivity index (χ3n) is 6.74. The Balaban J connectivity index is 3.84. The Hall–Kier alpha value is 0.828. The molecule has 0 N–H and O–H groups in total. The molecule has 1 saturated heterocycles. The van der Waals surface area contributed by atoms with Crippen LogP contribution in [0.4, 0.5) is 0 Å². The van der Waals surface area contributed by atoms with Gasteiger partial charge in [-0.3, -0.25) is 0 Å². The van der Waals surface area contributed by atoms with E-state index in [0.29, 0.717) is 0 Å². The third-order valence-corrected chi connectivity index (χ3v) is 13.6. The standard InChI is InChI=1S/C33H78O10Si7/c1-25-28(39-46(8,9)10)31(42-49(17,18)19)32(43-50(20,21)22)33(36-25)35-24-27(38-45(5,6)7)30(41-48(14,15)16)29(40-47(11,12)13)26(23-34)37-44(2,3)4/h23,25-33H,24H2,1-22H3/t25-,26-,27+,28-,29+,30+,31+,32+,33+/m0/s1. The Morgan fingerprint density at radius 2 is 0.880 bits per heavy atom. The van der Waals surface area contributed by atoms with Crippen LogP contribution in [-0.4, -0.2) is 126 Å². The van der Waals surface area contributed by atoms with Crippen molar-refractivity contribution in [1.82, 2.24) is 0 Å². The minimum atomic E-state index is -2.23. The first-order valence-electron chi connectivity index (χ1n) is 18.5. The van der Waals surface area contributed by atoms with Gasteiger partial charge in [0.05, 0.1) is 24.9 Å². The van der Waals surface area contributed by atoms with E-state index in [4.69, 9.17) is 40.5 Å². The number of carbonyl (C=O) groups is 1. The van der Waals surface area contributed by atoms with E-state index in [-0.39, 0.29) is 24.9 Å². The maximum atomic E-state index is 12.9. The van der Waals surface area contributed by atoms with E-state index >= 15 is 0 Å². The van der Waals surface area contributed by atoms with Crippen molar-refractivity contribution in [2.45, 2.75) is 200 Å². The summed E-state index contributed by atoms with van der Waals surface area (Å²) in [6.45, 7) is 47.4. The molecule has 9 atom stereocenters. The molecule has 0 aromatic rings. The van der Waals surface area contributed by atoms with Crippen LogP contribution >= 0.6 is 0 Å². The van der Waals surface area contributed by atoms with Gasteiger partial charge in [-0.25, -0.2) is 0 Å². The Bertz CT molecular complexity index is 1040. The van der Waals surface area contributed by atoms with Crippen LogP contribution in [0.3, 0.4) is 0 Å². The Labute approximate surface area is 314 Å². The van der Waals surface area contributed by atoms with Gasteiger partial charge in [0.25, 0.3) is 0 Å². The van der Waals surface area contributed by atoms with Crippen molar-refractivity contribution < 1.29 is 45.3 Å². The van der Waals surface area contributed by atoms with Crippen molar-refractivity contribution in [3.63, 3.8) is 0 Å². The summed E-state index contributed by atoms with van der Waals surface area (Å²) in [4.78, 5) is 12.9. The van der Waals surface area contributed by atoms with Gasteiger partial charge in [0, 0.05) is 0 Å². The fraction of sp³-hybridized carbons (Fsp3) is 0.970. The second kappa shape index (κ2) is 18.2. The summed E-state index contributed by atoms with van der Waals surface area (Å²) in [6.07, 6.45) is -4.02. The maximum absolute atomic E-state index is 12.9. The number of aldehydes is 1. The highest BCUT2D eigenvalue weighted by atomic mass is 28.4. The highest BCUT2D eigenvalue weighted by Crippen LogP contribution is 2.35. The molecule has 17 heteroatoms. The molecule has 10 nitrogen and oxygen atoms in total. The monoisotopic (exact) mass is 830 g/mol. The first-order chi connectivity index (χ1) is 22.0. The maximum Gasteiger partial charge on any atom is 0.185 e. The molecule has 1 aliphatic rings. The lowest BCUT2D eigenvalue weighted by molar-refractivity contribution is -0.289. The third kappa shape index (κ3) is 19.9. The Kier molecular flexibility index (Phi) is 17.8. The molecule has 0 radical (unpaired) electrons. The predicted molar refractivity (Wildman–Crippen MR) is 224 cm³/mol. The summed E-state index contributed by atoms with van der Waals surface area (Å²) in [5.41, 5.74) is 0. The molecule has 0 amide bonds. The van der Waals surface area contributed by atoms with Crippen LogP contribution in [0.1, 0.15) is 6.92 Å². The zero-order valence-corrected chi connectivity index (χ0v) is 43.1. The molecule has 0 aliphatic carbocycles. The number of hydrogen-bond donors (Lipinski definition) is 0. The lowest BCUT2D eigenvalue weighted by Gasteiger charge is -2.50. The quantitative estimate of drug-likeness (QED) is 0.0828. The van der Waals surface area contributed by atoms with Crippen molar-refractivity contribution in [2.24, 2.45) is 0 Å². The molecule has 1 rings (SSSR count). The summed E-state index contributed by atoms with van der Waals surface area (Å²) in [7, 11) is -15.0. The van der Waals surface area contributed by atoms with Crippen LogP contribution in [0.15, 0.2) is 0 Å².